The van der Waals surface area contributed by atoms with Crippen LogP contribution in [0.4, 0.5) is 4.79 Å². The van der Waals surface area contributed by atoms with Crippen LogP contribution < -0.4 is 10.6 Å². The van der Waals surface area contributed by atoms with Gasteiger partial charge >= 0.3 is 6.09 Å². The van der Waals surface area contributed by atoms with Crippen molar-refractivity contribution >= 4 is 18.0 Å². The summed E-state index contributed by atoms with van der Waals surface area (Å²) in [4.78, 5) is 31.7. The molecule has 0 spiro atoms. The van der Waals surface area contributed by atoms with Crippen LogP contribution in [0, 0.1) is 13.8 Å². The molecule has 1 heterocycles. The maximum Gasteiger partial charge on any atom is 0.409 e. The summed E-state index contributed by atoms with van der Waals surface area (Å²) in [5, 5.41) is 6.81. The van der Waals surface area contributed by atoms with E-state index in [0.29, 0.717) is 32.2 Å². The number of amides is 2. The van der Waals surface area contributed by atoms with Gasteiger partial charge in [0.2, 0.25) is 5.91 Å². The van der Waals surface area contributed by atoms with Crippen molar-refractivity contribution in [3.8, 4) is 0 Å². The van der Waals surface area contributed by atoms with Crippen molar-refractivity contribution in [1.29, 1.82) is 0 Å². The number of benzene rings is 1. The number of nitrogens with zero attached hydrogens (tertiary/aromatic N) is 3. The maximum absolute atomic E-state index is 12.0. The molecule has 0 bridgehead atoms. The summed E-state index contributed by atoms with van der Waals surface area (Å²) in [7, 11) is 3.45. The SMILES string of the molecule is CCOC(=O)N1CCC(NC(=NCC(=O)N(C)C)NCCc2cc(C)cc(C)c2)CC1. The second kappa shape index (κ2) is 12.2. The molecule has 0 aliphatic carbocycles. The van der Waals surface area contributed by atoms with Crippen LogP contribution >= 0.6 is 0 Å². The molecule has 1 aliphatic heterocycles. The van der Waals surface area contributed by atoms with E-state index in [9.17, 15) is 9.59 Å². The summed E-state index contributed by atoms with van der Waals surface area (Å²) in [6, 6.07) is 6.74. The van der Waals surface area contributed by atoms with Crippen molar-refractivity contribution in [2.24, 2.45) is 4.99 Å². The lowest BCUT2D eigenvalue weighted by atomic mass is 10.1. The van der Waals surface area contributed by atoms with Crippen LogP contribution in [0.5, 0.6) is 0 Å². The number of guanidine groups is 1. The molecule has 0 aromatic heterocycles. The number of ether oxygens (including phenoxy) is 1. The highest BCUT2D eigenvalue weighted by Crippen LogP contribution is 2.12. The van der Waals surface area contributed by atoms with E-state index in [4.69, 9.17) is 4.74 Å². The largest absolute Gasteiger partial charge is 0.450 e. The lowest BCUT2D eigenvalue weighted by Gasteiger charge is -2.32. The molecule has 0 radical (unpaired) electrons. The van der Waals surface area contributed by atoms with Crippen LogP contribution in [0.25, 0.3) is 0 Å². The fraction of sp³-hybridized carbons (Fsp3) is 0.609. The van der Waals surface area contributed by atoms with Crippen LogP contribution in [0.1, 0.15) is 36.5 Å². The number of likely N-dealkylation sites (N-methyl/N-ethyl adjacent to an activating group) is 1. The number of nitrogens with one attached hydrogen (secondary N) is 2. The number of piperidine rings is 1. The van der Waals surface area contributed by atoms with Gasteiger partial charge in [0.1, 0.15) is 6.54 Å². The first-order chi connectivity index (χ1) is 14.8. The molecule has 1 fully saturated rings. The number of aliphatic imine (C=N–C) groups is 1. The van der Waals surface area contributed by atoms with Gasteiger partial charge in [0.25, 0.3) is 0 Å². The summed E-state index contributed by atoms with van der Waals surface area (Å²) < 4.78 is 5.09. The van der Waals surface area contributed by atoms with Gasteiger partial charge in [-0.25, -0.2) is 9.79 Å². The number of carbonyl (C=O) groups is 2. The number of rotatable bonds is 7. The van der Waals surface area contributed by atoms with E-state index >= 15 is 0 Å². The summed E-state index contributed by atoms with van der Waals surface area (Å²) >= 11 is 0. The Balaban J connectivity index is 1.93. The van der Waals surface area contributed by atoms with Crippen LogP contribution in [0.3, 0.4) is 0 Å². The number of likely N-dealkylation sites (tertiary alicyclic amines) is 1. The molecule has 0 unspecified atom stereocenters. The molecular weight excluding hydrogens is 394 g/mol. The highest BCUT2D eigenvalue weighted by molar-refractivity contribution is 5.85. The first-order valence-corrected chi connectivity index (χ1v) is 11.0. The normalized spacial score (nSPS) is 14.9. The Morgan fingerprint density at radius 3 is 2.39 bits per heavy atom. The third-order valence-electron chi connectivity index (χ3n) is 5.22. The minimum absolute atomic E-state index is 0.0486. The maximum atomic E-state index is 12.0. The van der Waals surface area contributed by atoms with Gasteiger partial charge in [-0.1, -0.05) is 29.3 Å². The fourth-order valence-electron chi connectivity index (χ4n) is 3.59. The first-order valence-electron chi connectivity index (χ1n) is 11.0. The summed E-state index contributed by atoms with van der Waals surface area (Å²) in [5.41, 5.74) is 3.79. The van der Waals surface area contributed by atoms with Crippen molar-refractivity contribution < 1.29 is 14.3 Å². The van der Waals surface area contributed by atoms with Gasteiger partial charge in [-0.05, 0) is 45.6 Å². The number of aryl methyl sites for hydroxylation is 2. The lowest BCUT2D eigenvalue weighted by molar-refractivity contribution is -0.127. The first kappa shape index (κ1) is 24.5. The Bertz CT molecular complexity index is 750. The van der Waals surface area contributed by atoms with Gasteiger partial charge in [0, 0.05) is 39.8 Å². The highest BCUT2D eigenvalue weighted by Gasteiger charge is 2.24. The van der Waals surface area contributed by atoms with Gasteiger partial charge in [-0.3, -0.25) is 4.79 Å². The summed E-state index contributed by atoms with van der Waals surface area (Å²) in [5.74, 6) is 0.585. The molecule has 1 aromatic rings. The molecule has 1 saturated heterocycles. The molecular formula is C23H37N5O3. The Morgan fingerprint density at radius 1 is 1.16 bits per heavy atom. The van der Waals surface area contributed by atoms with E-state index in [1.165, 1.54) is 21.6 Å². The van der Waals surface area contributed by atoms with E-state index in [2.05, 4.69) is 47.7 Å². The molecule has 31 heavy (non-hydrogen) atoms. The third kappa shape index (κ3) is 8.47. The van der Waals surface area contributed by atoms with E-state index in [-0.39, 0.29) is 24.6 Å². The molecule has 0 atom stereocenters. The van der Waals surface area contributed by atoms with Crippen LogP contribution in [-0.4, -0.2) is 80.7 Å². The standard InChI is InChI=1S/C23H37N5O3/c1-6-31-23(30)28-11-8-20(9-12-28)26-22(25-16-21(29)27(4)5)24-10-7-19-14-17(2)13-18(3)15-19/h13-15,20H,6-12,16H2,1-5H3,(H2,24,25,26). The van der Waals surface area contributed by atoms with Crippen LogP contribution in [0.15, 0.2) is 23.2 Å². The molecule has 2 N–H and O–H groups in total. The Kier molecular flexibility index (Phi) is 9.62. The number of hydrogen-bond donors (Lipinski definition) is 2. The van der Waals surface area contributed by atoms with Gasteiger partial charge in [0.15, 0.2) is 5.96 Å². The number of carbonyl (C=O) groups excluding carboxylic acids is 2. The molecule has 172 valence electrons. The average Bonchev–Trinajstić information content (AvgIpc) is 2.71. The van der Waals surface area contributed by atoms with Crippen molar-refractivity contribution in [3.63, 3.8) is 0 Å². The second-order valence-corrected chi connectivity index (χ2v) is 8.23. The zero-order valence-corrected chi connectivity index (χ0v) is 19.5. The minimum atomic E-state index is -0.252. The van der Waals surface area contributed by atoms with Crippen LogP contribution in [0.2, 0.25) is 0 Å². The van der Waals surface area contributed by atoms with Crippen molar-refractivity contribution in [1.82, 2.24) is 20.4 Å². The predicted molar refractivity (Wildman–Crippen MR) is 123 cm³/mol. The Morgan fingerprint density at radius 2 is 1.81 bits per heavy atom. The third-order valence-corrected chi connectivity index (χ3v) is 5.22. The Hall–Kier alpha value is -2.77. The van der Waals surface area contributed by atoms with E-state index in [1.54, 1.807) is 19.0 Å². The number of hydrogen-bond acceptors (Lipinski definition) is 4. The zero-order chi connectivity index (χ0) is 22.8. The van der Waals surface area contributed by atoms with E-state index in [1.807, 2.05) is 6.92 Å². The molecule has 2 rings (SSSR count). The molecule has 8 nitrogen and oxygen atoms in total. The molecule has 0 saturated carbocycles. The van der Waals surface area contributed by atoms with Gasteiger partial charge in [0.05, 0.1) is 6.61 Å². The summed E-state index contributed by atoms with van der Waals surface area (Å²) in [6.07, 6.45) is 2.22. The van der Waals surface area contributed by atoms with Gasteiger partial charge < -0.3 is 25.2 Å². The lowest BCUT2D eigenvalue weighted by Crippen LogP contribution is -2.50. The quantitative estimate of drug-likeness (QED) is 0.510. The molecule has 8 heteroatoms. The fourth-order valence-corrected chi connectivity index (χ4v) is 3.59. The minimum Gasteiger partial charge on any atom is -0.450 e. The van der Waals surface area contributed by atoms with Crippen LogP contribution in [-0.2, 0) is 16.0 Å². The smallest absolute Gasteiger partial charge is 0.409 e. The topological polar surface area (TPSA) is 86.3 Å². The van der Waals surface area contributed by atoms with Gasteiger partial charge in [-0.2, -0.15) is 0 Å². The molecule has 1 aromatic carbocycles. The molecule has 2 amide bonds. The average molecular weight is 432 g/mol. The van der Waals surface area contributed by atoms with Crippen molar-refractivity contribution in [2.45, 2.75) is 46.1 Å². The summed E-state index contributed by atoms with van der Waals surface area (Å²) in [6.45, 7) is 8.50. The second-order valence-electron chi connectivity index (χ2n) is 8.23. The van der Waals surface area contributed by atoms with Gasteiger partial charge in [-0.15, -0.1) is 0 Å². The predicted octanol–water partition coefficient (Wildman–Crippen LogP) is 2.09. The van der Waals surface area contributed by atoms with Crippen molar-refractivity contribution in [3.05, 3.63) is 34.9 Å². The Labute approximate surface area is 186 Å². The van der Waals surface area contributed by atoms with E-state index in [0.717, 1.165) is 19.3 Å². The van der Waals surface area contributed by atoms with Crippen molar-refractivity contribution in [2.75, 3.05) is 46.9 Å². The highest BCUT2D eigenvalue weighted by atomic mass is 16.6. The van der Waals surface area contributed by atoms with E-state index < -0.39 is 0 Å². The monoisotopic (exact) mass is 431 g/mol. The molecule has 1 aliphatic rings. The zero-order valence-electron chi connectivity index (χ0n) is 19.5.